The average molecular weight is 219 g/mol. The van der Waals surface area contributed by atoms with Gasteiger partial charge in [-0.3, -0.25) is 0 Å². The maximum atomic E-state index is 11.0. The third-order valence-electron chi connectivity index (χ3n) is 1.65. The predicted molar refractivity (Wildman–Crippen MR) is 54.5 cm³/mol. The highest BCUT2D eigenvalue weighted by molar-refractivity contribution is 5.89. The summed E-state index contributed by atoms with van der Waals surface area (Å²) in [5.74, 6) is 3.64. The zero-order valence-electron chi connectivity index (χ0n) is 8.81. The van der Waals surface area contributed by atoms with Crippen molar-refractivity contribution in [3.8, 4) is 11.8 Å². The third-order valence-corrected chi connectivity index (χ3v) is 1.65. The molecule has 1 aromatic heterocycles. The molecule has 0 bridgehead atoms. The molecule has 0 aliphatic carbocycles. The van der Waals surface area contributed by atoms with Crippen LogP contribution in [-0.2, 0) is 14.3 Å². The van der Waals surface area contributed by atoms with Crippen molar-refractivity contribution in [1.29, 1.82) is 0 Å². The number of rotatable bonds is 1. The number of nitrogens with zero attached hydrogens (tertiary/aromatic N) is 1. The van der Waals surface area contributed by atoms with Gasteiger partial charge in [0.05, 0.1) is 14.2 Å². The van der Waals surface area contributed by atoms with Gasteiger partial charge in [-0.25, -0.2) is 14.6 Å². The first-order chi connectivity index (χ1) is 7.67. The van der Waals surface area contributed by atoms with E-state index in [4.69, 9.17) is 0 Å². The normalized spacial score (nSPS) is 8.62. The van der Waals surface area contributed by atoms with Gasteiger partial charge in [0.15, 0.2) is 0 Å². The molecule has 0 spiro atoms. The highest BCUT2D eigenvalue weighted by atomic mass is 16.5. The summed E-state index contributed by atoms with van der Waals surface area (Å²) in [6.45, 7) is 0. The van der Waals surface area contributed by atoms with E-state index in [1.807, 2.05) is 0 Å². The van der Waals surface area contributed by atoms with E-state index in [0.29, 0.717) is 5.56 Å². The fourth-order valence-electron chi connectivity index (χ4n) is 0.867. The van der Waals surface area contributed by atoms with E-state index in [2.05, 4.69) is 26.3 Å². The Hall–Kier alpha value is -2.35. The molecule has 0 aromatic carbocycles. The molecular formula is C11H9NO4. The summed E-state index contributed by atoms with van der Waals surface area (Å²) in [4.78, 5) is 25.6. The second-order valence-corrected chi connectivity index (χ2v) is 2.67. The van der Waals surface area contributed by atoms with E-state index < -0.39 is 11.9 Å². The Balaban J connectivity index is 2.82. The van der Waals surface area contributed by atoms with E-state index in [-0.39, 0.29) is 5.69 Å². The summed E-state index contributed by atoms with van der Waals surface area (Å²) in [5.41, 5.74) is 0.698. The fourth-order valence-corrected chi connectivity index (χ4v) is 0.867. The van der Waals surface area contributed by atoms with Gasteiger partial charge >= 0.3 is 11.9 Å². The van der Waals surface area contributed by atoms with Gasteiger partial charge in [0, 0.05) is 17.7 Å². The molecule has 0 amide bonds. The topological polar surface area (TPSA) is 65.5 Å². The van der Waals surface area contributed by atoms with Crippen LogP contribution in [0.25, 0.3) is 0 Å². The first-order valence-corrected chi connectivity index (χ1v) is 4.31. The molecule has 82 valence electrons. The molecule has 0 fully saturated rings. The summed E-state index contributed by atoms with van der Waals surface area (Å²) in [6, 6.07) is 3.03. The summed E-state index contributed by atoms with van der Waals surface area (Å²) in [6.07, 6.45) is 1.38. The Kier molecular flexibility index (Phi) is 4.04. The maximum absolute atomic E-state index is 11.0. The highest BCUT2D eigenvalue weighted by Gasteiger charge is 2.05. The van der Waals surface area contributed by atoms with E-state index in [9.17, 15) is 9.59 Å². The van der Waals surface area contributed by atoms with Crippen molar-refractivity contribution in [1.82, 2.24) is 4.98 Å². The molecule has 0 aliphatic heterocycles. The van der Waals surface area contributed by atoms with E-state index >= 15 is 0 Å². The Morgan fingerprint density at radius 1 is 1.25 bits per heavy atom. The highest BCUT2D eigenvalue weighted by Crippen LogP contribution is 2.00. The van der Waals surface area contributed by atoms with Crippen molar-refractivity contribution in [2.45, 2.75) is 0 Å². The molecule has 0 N–H and O–H groups in total. The minimum atomic E-state index is -0.628. The molecule has 5 heteroatoms. The average Bonchev–Trinajstić information content (AvgIpc) is 2.35. The number of hydrogen-bond acceptors (Lipinski definition) is 5. The van der Waals surface area contributed by atoms with Gasteiger partial charge in [0.25, 0.3) is 0 Å². The summed E-state index contributed by atoms with van der Waals surface area (Å²) >= 11 is 0. The number of esters is 2. The number of carbonyl (C=O) groups is 2. The van der Waals surface area contributed by atoms with Crippen LogP contribution in [0.1, 0.15) is 16.1 Å². The Labute approximate surface area is 92.4 Å². The van der Waals surface area contributed by atoms with E-state index in [1.165, 1.54) is 26.5 Å². The summed E-state index contributed by atoms with van der Waals surface area (Å²) in [5, 5.41) is 0. The molecule has 5 nitrogen and oxygen atoms in total. The van der Waals surface area contributed by atoms with Gasteiger partial charge in [-0.1, -0.05) is 5.92 Å². The lowest BCUT2D eigenvalue weighted by atomic mass is 10.2. The Bertz CT molecular complexity index is 453. The molecule has 0 unspecified atom stereocenters. The largest absolute Gasteiger partial charge is 0.464 e. The lowest BCUT2D eigenvalue weighted by Crippen LogP contribution is -2.03. The monoisotopic (exact) mass is 219 g/mol. The first-order valence-electron chi connectivity index (χ1n) is 4.31. The number of ether oxygens (including phenoxy) is 2. The minimum absolute atomic E-state index is 0.186. The lowest BCUT2D eigenvalue weighted by Gasteiger charge is -1.96. The van der Waals surface area contributed by atoms with Crippen molar-refractivity contribution in [3.63, 3.8) is 0 Å². The number of carbonyl (C=O) groups excluding carboxylic acids is 2. The van der Waals surface area contributed by atoms with Crippen LogP contribution in [0.4, 0.5) is 0 Å². The number of aromatic nitrogens is 1. The van der Waals surface area contributed by atoms with Crippen molar-refractivity contribution >= 4 is 11.9 Å². The molecule has 1 aromatic rings. The number of pyridine rings is 1. The maximum Gasteiger partial charge on any atom is 0.384 e. The molecule has 0 saturated heterocycles. The molecular weight excluding hydrogens is 210 g/mol. The fraction of sp³-hybridized carbons (Fsp3) is 0.182. The van der Waals surface area contributed by atoms with Gasteiger partial charge in [0.2, 0.25) is 0 Å². The lowest BCUT2D eigenvalue weighted by molar-refractivity contribution is -0.133. The van der Waals surface area contributed by atoms with Gasteiger partial charge in [-0.15, -0.1) is 0 Å². The van der Waals surface area contributed by atoms with Gasteiger partial charge in [0.1, 0.15) is 5.69 Å². The number of methoxy groups -OCH3 is 2. The number of hydrogen-bond donors (Lipinski definition) is 0. The second-order valence-electron chi connectivity index (χ2n) is 2.67. The summed E-state index contributed by atoms with van der Waals surface area (Å²) in [7, 11) is 2.52. The quantitative estimate of drug-likeness (QED) is 0.505. The molecule has 0 atom stereocenters. The molecule has 1 rings (SSSR count). The summed E-state index contributed by atoms with van der Waals surface area (Å²) < 4.78 is 8.82. The van der Waals surface area contributed by atoms with E-state index in [0.717, 1.165) is 0 Å². The van der Waals surface area contributed by atoms with Crippen LogP contribution in [-0.4, -0.2) is 31.1 Å². The van der Waals surface area contributed by atoms with Gasteiger partial charge < -0.3 is 9.47 Å². The standard InChI is InChI=1S/C11H9NO4/c1-15-10(13)6-4-8-3-5-9(12-7-8)11(14)16-2/h3,5,7H,1-2H3. The molecule has 0 saturated carbocycles. The minimum Gasteiger partial charge on any atom is -0.464 e. The predicted octanol–water partition coefficient (Wildman–Crippen LogP) is 0.393. The van der Waals surface area contributed by atoms with Crippen LogP contribution in [0, 0.1) is 11.8 Å². The van der Waals surface area contributed by atoms with Crippen molar-refractivity contribution in [3.05, 3.63) is 29.6 Å². The van der Waals surface area contributed by atoms with Gasteiger partial charge in [-0.2, -0.15) is 0 Å². The van der Waals surface area contributed by atoms with Crippen LogP contribution >= 0.6 is 0 Å². The molecule has 0 radical (unpaired) electrons. The van der Waals surface area contributed by atoms with Crippen molar-refractivity contribution < 1.29 is 19.1 Å². The zero-order valence-corrected chi connectivity index (χ0v) is 8.81. The second kappa shape index (κ2) is 5.51. The van der Waals surface area contributed by atoms with Crippen LogP contribution < -0.4 is 0 Å². The van der Waals surface area contributed by atoms with Crippen LogP contribution in [0.5, 0.6) is 0 Å². The third kappa shape index (κ3) is 3.10. The van der Waals surface area contributed by atoms with E-state index in [1.54, 1.807) is 6.07 Å². The smallest absolute Gasteiger partial charge is 0.384 e. The molecule has 1 heterocycles. The SMILES string of the molecule is COC(=O)C#Cc1ccc(C(=O)OC)nc1. The Morgan fingerprint density at radius 3 is 2.50 bits per heavy atom. The Morgan fingerprint density at radius 2 is 2.00 bits per heavy atom. The van der Waals surface area contributed by atoms with Gasteiger partial charge in [-0.05, 0) is 12.1 Å². The zero-order chi connectivity index (χ0) is 12.0. The first kappa shape index (κ1) is 11.7. The van der Waals surface area contributed by atoms with Crippen molar-refractivity contribution in [2.24, 2.45) is 0 Å². The van der Waals surface area contributed by atoms with Crippen LogP contribution in [0.2, 0.25) is 0 Å². The van der Waals surface area contributed by atoms with Crippen molar-refractivity contribution in [2.75, 3.05) is 14.2 Å². The molecule has 16 heavy (non-hydrogen) atoms. The van der Waals surface area contributed by atoms with Crippen LogP contribution in [0.15, 0.2) is 18.3 Å². The van der Waals surface area contributed by atoms with Crippen LogP contribution in [0.3, 0.4) is 0 Å². The molecule has 0 aliphatic rings.